The topological polar surface area (TPSA) is 21.3 Å². The van der Waals surface area contributed by atoms with E-state index in [1.54, 1.807) is 7.11 Å². The Morgan fingerprint density at radius 3 is 2.67 bits per heavy atom. The van der Waals surface area contributed by atoms with Gasteiger partial charge in [-0.3, -0.25) is 0 Å². The molecule has 1 N–H and O–H groups in total. The van der Waals surface area contributed by atoms with Crippen LogP contribution in [0.4, 0.5) is 0 Å². The molecule has 0 aliphatic rings. The molecule has 9 heavy (non-hydrogen) atoms. The van der Waals surface area contributed by atoms with Crippen molar-refractivity contribution in [2.75, 3.05) is 20.2 Å². The molecule has 2 nitrogen and oxygen atoms in total. The van der Waals surface area contributed by atoms with Crippen molar-refractivity contribution in [1.82, 2.24) is 5.32 Å². The van der Waals surface area contributed by atoms with Gasteiger partial charge in [0.05, 0.1) is 6.10 Å². The SMILES string of the molecule is CCCNCC(C)OC. The van der Waals surface area contributed by atoms with E-state index in [1.165, 1.54) is 6.42 Å². The first-order chi connectivity index (χ1) is 4.31. The molecule has 0 aliphatic carbocycles. The van der Waals surface area contributed by atoms with Crippen LogP contribution in [0.2, 0.25) is 0 Å². The van der Waals surface area contributed by atoms with Crippen LogP contribution in [-0.2, 0) is 4.74 Å². The van der Waals surface area contributed by atoms with E-state index < -0.39 is 0 Å². The van der Waals surface area contributed by atoms with Gasteiger partial charge in [-0.2, -0.15) is 0 Å². The van der Waals surface area contributed by atoms with Crippen molar-refractivity contribution < 1.29 is 4.74 Å². The van der Waals surface area contributed by atoms with Crippen molar-refractivity contribution in [2.45, 2.75) is 26.4 Å². The third kappa shape index (κ3) is 5.80. The summed E-state index contributed by atoms with van der Waals surface area (Å²) in [5.41, 5.74) is 0. The van der Waals surface area contributed by atoms with Gasteiger partial charge in [-0.1, -0.05) is 6.92 Å². The van der Waals surface area contributed by atoms with E-state index in [9.17, 15) is 0 Å². The van der Waals surface area contributed by atoms with Crippen LogP contribution in [0.25, 0.3) is 0 Å². The summed E-state index contributed by atoms with van der Waals surface area (Å²) >= 11 is 0. The Morgan fingerprint density at radius 1 is 1.56 bits per heavy atom. The minimum atomic E-state index is 0.344. The number of hydrogen-bond acceptors (Lipinski definition) is 2. The molecule has 56 valence electrons. The standard InChI is InChI=1S/C7H17NO/c1-4-5-8-6-7(2)9-3/h7-8H,4-6H2,1-3H3. The summed E-state index contributed by atoms with van der Waals surface area (Å²) in [4.78, 5) is 0. The zero-order valence-electron chi connectivity index (χ0n) is 6.61. The summed E-state index contributed by atoms with van der Waals surface area (Å²) in [5.74, 6) is 0. The van der Waals surface area contributed by atoms with Crippen LogP contribution < -0.4 is 5.32 Å². The van der Waals surface area contributed by atoms with Crippen LogP contribution in [0, 0.1) is 0 Å². The molecule has 0 radical (unpaired) electrons. The first-order valence-electron chi connectivity index (χ1n) is 3.54. The fourth-order valence-electron chi connectivity index (χ4n) is 0.565. The smallest absolute Gasteiger partial charge is 0.0667 e. The highest BCUT2D eigenvalue weighted by Crippen LogP contribution is 1.82. The average molecular weight is 131 g/mol. The largest absolute Gasteiger partial charge is 0.380 e. The molecule has 0 amide bonds. The molecule has 0 aliphatic heterocycles. The van der Waals surface area contributed by atoms with E-state index in [4.69, 9.17) is 4.74 Å². The molecule has 2 heteroatoms. The maximum absolute atomic E-state index is 5.03. The lowest BCUT2D eigenvalue weighted by molar-refractivity contribution is 0.117. The quantitative estimate of drug-likeness (QED) is 0.562. The summed E-state index contributed by atoms with van der Waals surface area (Å²) in [6, 6.07) is 0. The van der Waals surface area contributed by atoms with Crippen LogP contribution in [0.3, 0.4) is 0 Å². The van der Waals surface area contributed by atoms with E-state index in [2.05, 4.69) is 19.2 Å². The third-order valence-corrected chi connectivity index (χ3v) is 1.26. The molecule has 0 fully saturated rings. The van der Waals surface area contributed by atoms with Crippen molar-refractivity contribution in [3.8, 4) is 0 Å². The Balaban J connectivity index is 2.88. The molecule has 0 aromatic carbocycles. The second-order valence-electron chi connectivity index (χ2n) is 2.25. The molecule has 0 heterocycles. The molecule has 1 unspecified atom stereocenters. The van der Waals surface area contributed by atoms with E-state index in [0.29, 0.717) is 6.10 Å². The Labute approximate surface area is 57.6 Å². The first kappa shape index (κ1) is 8.92. The monoisotopic (exact) mass is 131 g/mol. The highest BCUT2D eigenvalue weighted by molar-refractivity contribution is 4.52. The minimum Gasteiger partial charge on any atom is -0.380 e. The zero-order valence-corrected chi connectivity index (χ0v) is 6.61. The summed E-state index contributed by atoms with van der Waals surface area (Å²) in [5, 5.41) is 3.26. The maximum atomic E-state index is 5.03. The van der Waals surface area contributed by atoms with Crippen LogP contribution >= 0.6 is 0 Å². The van der Waals surface area contributed by atoms with Crippen molar-refractivity contribution in [3.05, 3.63) is 0 Å². The van der Waals surface area contributed by atoms with Gasteiger partial charge in [-0.15, -0.1) is 0 Å². The number of rotatable bonds is 5. The predicted octanol–water partition coefficient (Wildman–Crippen LogP) is 1.02. The summed E-state index contributed by atoms with van der Waals surface area (Å²) in [7, 11) is 1.73. The number of ether oxygens (including phenoxy) is 1. The lowest BCUT2D eigenvalue weighted by Gasteiger charge is -2.08. The fraction of sp³-hybridized carbons (Fsp3) is 1.00. The number of hydrogen-bond donors (Lipinski definition) is 1. The predicted molar refractivity (Wildman–Crippen MR) is 39.6 cm³/mol. The van der Waals surface area contributed by atoms with Crippen molar-refractivity contribution in [1.29, 1.82) is 0 Å². The second-order valence-corrected chi connectivity index (χ2v) is 2.25. The number of methoxy groups -OCH3 is 1. The Kier molecular flexibility index (Phi) is 5.99. The van der Waals surface area contributed by atoms with E-state index in [0.717, 1.165) is 13.1 Å². The van der Waals surface area contributed by atoms with Crippen LogP contribution in [-0.4, -0.2) is 26.3 Å². The molecule has 0 bridgehead atoms. The Hall–Kier alpha value is -0.0800. The van der Waals surface area contributed by atoms with Gasteiger partial charge in [-0.05, 0) is 19.9 Å². The van der Waals surface area contributed by atoms with Crippen LogP contribution in [0.1, 0.15) is 20.3 Å². The van der Waals surface area contributed by atoms with Gasteiger partial charge >= 0.3 is 0 Å². The highest BCUT2D eigenvalue weighted by Gasteiger charge is 1.94. The zero-order chi connectivity index (χ0) is 7.11. The van der Waals surface area contributed by atoms with Gasteiger partial charge < -0.3 is 10.1 Å². The van der Waals surface area contributed by atoms with E-state index in [1.807, 2.05) is 0 Å². The van der Waals surface area contributed by atoms with E-state index in [-0.39, 0.29) is 0 Å². The third-order valence-electron chi connectivity index (χ3n) is 1.26. The summed E-state index contributed by atoms with van der Waals surface area (Å²) < 4.78 is 5.03. The minimum absolute atomic E-state index is 0.344. The Morgan fingerprint density at radius 2 is 2.22 bits per heavy atom. The molecule has 0 spiro atoms. The summed E-state index contributed by atoms with van der Waals surface area (Å²) in [6.45, 7) is 6.27. The molecule has 0 saturated carbocycles. The molecule has 0 rings (SSSR count). The average Bonchev–Trinajstić information content (AvgIpc) is 1.89. The van der Waals surface area contributed by atoms with Crippen LogP contribution in [0.15, 0.2) is 0 Å². The molecule has 0 saturated heterocycles. The van der Waals surface area contributed by atoms with Gasteiger partial charge in [0.2, 0.25) is 0 Å². The van der Waals surface area contributed by atoms with Gasteiger partial charge in [0.25, 0.3) is 0 Å². The molecular formula is C7H17NO. The van der Waals surface area contributed by atoms with Crippen molar-refractivity contribution in [2.24, 2.45) is 0 Å². The van der Waals surface area contributed by atoms with Gasteiger partial charge in [0.1, 0.15) is 0 Å². The molecular weight excluding hydrogens is 114 g/mol. The highest BCUT2D eigenvalue weighted by atomic mass is 16.5. The lowest BCUT2D eigenvalue weighted by atomic mass is 10.4. The van der Waals surface area contributed by atoms with Crippen LogP contribution in [0.5, 0.6) is 0 Å². The van der Waals surface area contributed by atoms with E-state index >= 15 is 0 Å². The summed E-state index contributed by atoms with van der Waals surface area (Å²) in [6.07, 6.45) is 1.53. The van der Waals surface area contributed by atoms with Gasteiger partial charge in [-0.25, -0.2) is 0 Å². The lowest BCUT2D eigenvalue weighted by Crippen LogP contribution is -2.26. The maximum Gasteiger partial charge on any atom is 0.0667 e. The fourth-order valence-corrected chi connectivity index (χ4v) is 0.565. The molecule has 0 aromatic heterocycles. The van der Waals surface area contributed by atoms with Gasteiger partial charge in [0.15, 0.2) is 0 Å². The number of nitrogens with one attached hydrogen (secondary N) is 1. The first-order valence-corrected chi connectivity index (χ1v) is 3.54. The second kappa shape index (κ2) is 6.05. The van der Waals surface area contributed by atoms with Crippen molar-refractivity contribution >= 4 is 0 Å². The molecule has 0 aromatic rings. The Bertz CT molecular complexity index is 56.9. The van der Waals surface area contributed by atoms with Gasteiger partial charge in [0, 0.05) is 13.7 Å². The van der Waals surface area contributed by atoms with Crippen molar-refractivity contribution in [3.63, 3.8) is 0 Å². The normalized spacial score (nSPS) is 13.7. The molecule has 1 atom stereocenters.